The predicted molar refractivity (Wildman–Crippen MR) is 266 cm³/mol. The summed E-state index contributed by atoms with van der Waals surface area (Å²) in [6.07, 6.45) is 0. The minimum absolute atomic E-state index is 1.21. The summed E-state index contributed by atoms with van der Waals surface area (Å²) < 4.78 is 2.66. The molecule has 0 bridgehead atoms. The summed E-state index contributed by atoms with van der Waals surface area (Å²) in [4.78, 5) is 0. The molecule has 0 N–H and O–H groups in total. The van der Waals surface area contributed by atoms with Crippen LogP contribution in [0.15, 0.2) is 218 Å². The minimum Gasteiger partial charge on any atom is -0.135 e. The van der Waals surface area contributed by atoms with Crippen LogP contribution in [0.3, 0.4) is 0 Å². The average Bonchev–Trinajstić information content (AvgIpc) is 3.72. The molecule has 0 fully saturated rings. The van der Waals surface area contributed by atoms with Crippen molar-refractivity contribution in [1.82, 2.24) is 0 Å². The second-order valence-electron chi connectivity index (χ2n) is 16.3. The quantitative estimate of drug-likeness (QED) is 0.123. The first-order valence-corrected chi connectivity index (χ1v) is 21.9. The van der Waals surface area contributed by atoms with Gasteiger partial charge in [-0.15, -0.1) is 11.3 Å². The molecule has 1 aromatic heterocycles. The first kappa shape index (κ1) is 34.3. The van der Waals surface area contributed by atoms with Gasteiger partial charge in [-0.05, 0) is 133 Å². The number of rotatable bonds is 4. The third-order valence-electron chi connectivity index (χ3n) is 13.0. The average molecular weight is 789 g/mol. The number of thiophene rings is 1. The molecular formula is C60H36S. The van der Waals surface area contributed by atoms with Crippen LogP contribution in [0.2, 0.25) is 0 Å². The van der Waals surface area contributed by atoms with Gasteiger partial charge >= 0.3 is 0 Å². The molecule has 61 heavy (non-hydrogen) atoms. The molecule has 1 heterocycles. The van der Waals surface area contributed by atoms with Gasteiger partial charge in [0.05, 0.1) is 0 Å². The molecule has 12 aromatic carbocycles. The van der Waals surface area contributed by atoms with Crippen LogP contribution >= 0.6 is 11.3 Å². The summed E-state index contributed by atoms with van der Waals surface area (Å²) in [6.45, 7) is 0. The highest BCUT2D eigenvalue weighted by atomic mass is 32.1. The molecule has 0 aliphatic heterocycles. The topological polar surface area (TPSA) is 0 Å². The minimum atomic E-state index is 1.21. The van der Waals surface area contributed by atoms with E-state index in [4.69, 9.17) is 0 Å². The highest BCUT2D eigenvalue weighted by Crippen LogP contribution is 2.47. The molecule has 0 aliphatic carbocycles. The molecule has 0 radical (unpaired) electrons. The van der Waals surface area contributed by atoms with E-state index < -0.39 is 0 Å². The van der Waals surface area contributed by atoms with Crippen molar-refractivity contribution < 1.29 is 0 Å². The lowest BCUT2D eigenvalue weighted by Crippen LogP contribution is -1.91. The highest BCUT2D eigenvalue weighted by Gasteiger charge is 2.19. The van der Waals surface area contributed by atoms with E-state index in [1.807, 2.05) is 11.3 Å². The Morgan fingerprint density at radius 3 is 1.26 bits per heavy atom. The van der Waals surface area contributed by atoms with Gasteiger partial charge in [-0.25, -0.2) is 0 Å². The molecule has 282 valence electrons. The van der Waals surface area contributed by atoms with Crippen molar-refractivity contribution in [2.24, 2.45) is 0 Å². The first-order chi connectivity index (χ1) is 30.3. The van der Waals surface area contributed by atoms with E-state index in [0.717, 1.165) is 0 Å². The lowest BCUT2D eigenvalue weighted by molar-refractivity contribution is 1.59. The van der Waals surface area contributed by atoms with Crippen LogP contribution in [0.4, 0.5) is 0 Å². The Labute approximate surface area is 357 Å². The molecule has 0 spiro atoms. The van der Waals surface area contributed by atoms with E-state index in [2.05, 4.69) is 218 Å². The van der Waals surface area contributed by atoms with Gasteiger partial charge in [0.1, 0.15) is 0 Å². The van der Waals surface area contributed by atoms with Crippen molar-refractivity contribution >= 4 is 96.1 Å². The highest BCUT2D eigenvalue weighted by molar-refractivity contribution is 7.26. The Bertz CT molecular complexity index is 3830. The maximum absolute atomic E-state index is 2.45. The zero-order valence-corrected chi connectivity index (χ0v) is 34.0. The molecule has 13 rings (SSSR count). The van der Waals surface area contributed by atoms with Gasteiger partial charge in [0.25, 0.3) is 0 Å². The van der Waals surface area contributed by atoms with Crippen LogP contribution in [0.1, 0.15) is 0 Å². The van der Waals surface area contributed by atoms with Crippen LogP contribution in [-0.4, -0.2) is 0 Å². The molecular weight excluding hydrogens is 753 g/mol. The van der Waals surface area contributed by atoms with Crippen LogP contribution in [0, 0.1) is 0 Å². The van der Waals surface area contributed by atoms with Crippen LogP contribution < -0.4 is 0 Å². The van der Waals surface area contributed by atoms with E-state index in [1.165, 1.54) is 129 Å². The van der Waals surface area contributed by atoms with E-state index in [1.54, 1.807) is 0 Å². The van der Waals surface area contributed by atoms with Crippen molar-refractivity contribution in [3.8, 4) is 44.5 Å². The monoisotopic (exact) mass is 788 g/mol. The summed E-state index contributed by atoms with van der Waals surface area (Å²) in [5.74, 6) is 0. The zero-order valence-electron chi connectivity index (χ0n) is 33.2. The summed E-state index contributed by atoms with van der Waals surface area (Å²) in [5, 5.41) is 18.1. The number of hydrogen-bond donors (Lipinski definition) is 0. The lowest BCUT2D eigenvalue weighted by atomic mass is 9.85. The maximum atomic E-state index is 2.45. The molecule has 0 aliphatic rings. The Kier molecular flexibility index (Phi) is 7.58. The Morgan fingerprint density at radius 2 is 0.639 bits per heavy atom. The van der Waals surface area contributed by atoms with Gasteiger partial charge in [0.15, 0.2) is 0 Å². The van der Waals surface area contributed by atoms with Gasteiger partial charge < -0.3 is 0 Å². The Hall–Kier alpha value is -7.58. The molecule has 1 heteroatoms. The fourth-order valence-electron chi connectivity index (χ4n) is 10.3. The number of hydrogen-bond acceptors (Lipinski definition) is 1. The smallest absolute Gasteiger partial charge is 0.0361 e. The Morgan fingerprint density at radius 1 is 0.230 bits per heavy atom. The van der Waals surface area contributed by atoms with Crippen molar-refractivity contribution in [3.63, 3.8) is 0 Å². The van der Waals surface area contributed by atoms with Crippen LogP contribution in [0.25, 0.3) is 129 Å². The predicted octanol–water partition coefficient (Wildman–Crippen LogP) is 17.6. The van der Waals surface area contributed by atoms with E-state index in [9.17, 15) is 0 Å². The zero-order chi connectivity index (χ0) is 40.0. The van der Waals surface area contributed by atoms with Gasteiger partial charge in [-0.3, -0.25) is 0 Å². The van der Waals surface area contributed by atoms with Gasteiger partial charge in [0.2, 0.25) is 0 Å². The second-order valence-corrected chi connectivity index (χ2v) is 17.4. The molecule has 0 nitrogen and oxygen atoms in total. The van der Waals surface area contributed by atoms with Crippen molar-refractivity contribution in [2.45, 2.75) is 0 Å². The third-order valence-corrected chi connectivity index (χ3v) is 14.2. The van der Waals surface area contributed by atoms with E-state index in [0.29, 0.717) is 0 Å². The normalized spacial score (nSPS) is 11.9. The maximum Gasteiger partial charge on any atom is 0.0361 e. The van der Waals surface area contributed by atoms with E-state index >= 15 is 0 Å². The SMILES string of the molecule is c1ccc(-c2ccc3c4ccccc4c4ccccc4c3c2)c(-c2ccc(-c3c4ccccc4c(-c4ccc5sc6ccc7ccccc7c6c5c4)c4ccccc34)cc2)c1. The van der Waals surface area contributed by atoms with Crippen molar-refractivity contribution in [3.05, 3.63) is 218 Å². The molecule has 0 saturated carbocycles. The van der Waals surface area contributed by atoms with Crippen molar-refractivity contribution in [1.29, 1.82) is 0 Å². The Balaban J connectivity index is 0.954. The van der Waals surface area contributed by atoms with E-state index in [-0.39, 0.29) is 0 Å². The van der Waals surface area contributed by atoms with Crippen LogP contribution in [0.5, 0.6) is 0 Å². The number of benzene rings is 12. The fraction of sp³-hybridized carbons (Fsp3) is 0. The van der Waals surface area contributed by atoms with Gasteiger partial charge in [0, 0.05) is 20.2 Å². The lowest BCUT2D eigenvalue weighted by Gasteiger charge is -2.18. The number of fused-ring (bicyclic) bond motifs is 13. The fourth-order valence-corrected chi connectivity index (χ4v) is 11.4. The van der Waals surface area contributed by atoms with Crippen LogP contribution in [-0.2, 0) is 0 Å². The molecule has 0 saturated heterocycles. The second kappa shape index (κ2) is 13.5. The molecule has 0 unspecified atom stereocenters. The summed E-state index contributed by atoms with van der Waals surface area (Å²) >= 11 is 1.89. The van der Waals surface area contributed by atoms with Gasteiger partial charge in [-0.2, -0.15) is 0 Å². The third kappa shape index (κ3) is 5.24. The summed E-state index contributed by atoms with van der Waals surface area (Å²) in [6, 6.07) is 81.2. The largest absolute Gasteiger partial charge is 0.135 e. The molecule has 0 amide bonds. The summed E-state index contributed by atoms with van der Waals surface area (Å²) in [5.41, 5.74) is 9.93. The standard InChI is InChI=1S/C60H36S/c1-2-16-44-37(13-1)30-34-57-60(44)55-36-41(31-33-56(55)61-57)59-52-23-11-9-21-50(52)58(51-22-10-12-24-53(51)59)39-27-25-38(26-28-39)42-14-3-4-15-43(42)40-29-32-49-47-19-6-5-17-45(47)46-18-7-8-20-48(46)54(49)35-40/h1-36H. The molecule has 13 aromatic rings. The summed E-state index contributed by atoms with van der Waals surface area (Å²) in [7, 11) is 0. The molecule has 0 atom stereocenters. The first-order valence-electron chi connectivity index (χ1n) is 21.1. The van der Waals surface area contributed by atoms with Gasteiger partial charge in [-0.1, -0.05) is 194 Å². The van der Waals surface area contributed by atoms with Crippen molar-refractivity contribution in [2.75, 3.05) is 0 Å².